The van der Waals surface area contributed by atoms with Gasteiger partial charge in [-0.25, -0.2) is 15.0 Å². The predicted octanol–water partition coefficient (Wildman–Crippen LogP) is 1.96. The van der Waals surface area contributed by atoms with Gasteiger partial charge in [-0.1, -0.05) is 6.42 Å². The zero-order valence-corrected chi connectivity index (χ0v) is 10.5. The molecular weight excluding hydrogens is 226 g/mol. The molecule has 94 valence electrons. The van der Waals surface area contributed by atoms with Gasteiger partial charge in [0.25, 0.3) is 0 Å². The minimum atomic E-state index is 0.587. The van der Waals surface area contributed by atoms with Crippen molar-refractivity contribution in [2.45, 2.75) is 31.7 Å². The van der Waals surface area contributed by atoms with Crippen LogP contribution in [0.1, 0.15) is 25.7 Å². The number of fused-ring (bicyclic) bond motifs is 3. The molecule has 2 aromatic heterocycles. The number of imidazole rings is 1. The molecule has 2 fully saturated rings. The van der Waals surface area contributed by atoms with Crippen LogP contribution in [0.2, 0.25) is 0 Å². The molecule has 18 heavy (non-hydrogen) atoms. The van der Waals surface area contributed by atoms with Crippen molar-refractivity contribution in [2.75, 3.05) is 5.32 Å². The van der Waals surface area contributed by atoms with Gasteiger partial charge in [-0.2, -0.15) is 0 Å². The van der Waals surface area contributed by atoms with Crippen LogP contribution < -0.4 is 5.32 Å². The minimum absolute atomic E-state index is 0.587. The van der Waals surface area contributed by atoms with Crippen LogP contribution in [-0.2, 0) is 7.05 Å². The molecule has 5 nitrogen and oxygen atoms in total. The van der Waals surface area contributed by atoms with E-state index in [2.05, 4.69) is 20.3 Å². The maximum atomic E-state index is 4.40. The fourth-order valence-electron chi connectivity index (χ4n) is 3.65. The number of aromatic nitrogens is 4. The highest BCUT2D eigenvalue weighted by atomic mass is 15.1. The second-order valence-corrected chi connectivity index (χ2v) is 5.68. The molecule has 0 amide bonds. The van der Waals surface area contributed by atoms with E-state index in [1.807, 2.05) is 11.6 Å². The van der Waals surface area contributed by atoms with Gasteiger partial charge in [-0.05, 0) is 31.1 Å². The largest absolute Gasteiger partial charge is 0.365 e. The van der Waals surface area contributed by atoms with E-state index in [-0.39, 0.29) is 0 Å². The summed E-state index contributed by atoms with van der Waals surface area (Å²) in [7, 11) is 1.96. The molecule has 0 unspecified atom stereocenters. The Morgan fingerprint density at radius 1 is 1.22 bits per heavy atom. The Bertz CT molecular complexity index is 590. The molecule has 0 radical (unpaired) electrons. The van der Waals surface area contributed by atoms with Crippen molar-refractivity contribution in [2.24, 2.45) is 18.9 Å². The topological polar surface area (TPSA) is 55.6 Å². The first-order valence-corrected chi connectivity index (χ1v) is 6.70. The Kier molecular flexibility index (Phi) is 2.10. The lowest BCUT2D eigenvalue weighted by atomic mass is 9.95. The fraction of sp³-hybridized carbons (Fsp3) is 0.615. The first-order valence-electron chi connectivity index (χ1n) is 6.70. The van der Waals surface area contributed by atoms with E-state index >= 15 is 0 Å². The van der Waals surface area contributed by atoms with Crippen LogP contribution in [-0.4, -0.2) is 25.6 Å². The normalized spacial score (nSPS) is 30.2. The Hall–Kier alpha value is -1.65. The van der Waals surface area contributed by atoms with E-state index in [9.17, 15) is 0 Å². The second-order valence-electron chi connectivity index (χ2n) is 5.68. The van der Waals surface area contributed by atoms with Crippen LogP contribution in [0.15, 0.2) is 12.7 Å². The van der Waals surface area contributed by atoms with Crippen molar-refractivity contribution in [3.05, 3.63) is 12.7 Å². The fourth-order valence-corrected chi connectivity index (χ4v) is 3.65. The smallest absolute Gasteiger partial charge is 0.165 e. The van der Waals surface area contributed by atoms with E-state index in [0.717, 1.165) is 28.8 Å². The number of nitrogens with one attached hydrogen (secondary N) is 1. The quantitative estimate of drug-likeness (QED) is 0.876. The van der Waals surface area contributed by atoms with Gasteiger partial charge in [0.15, 0.2) is 11.5 Å². The molecule has 0 spiro atoms. The molecule has 2 aliphatic rings. The van der Waals surface area contributed by atoms with E-state index in [1.165, 1.54) is 25.7 Å². The van der Waals surface area contributed by atoms with Crippen molar-refractivity contribution in [3.63, 3.8) is 0 Å². The van der Waals surface area contributed by atoms with E-state index < -0.39 is 0 Å². The third kappa shape index (κ3) is 1.43. The summed E-state index contributed by atoms with van der Waals surface area (Å²) in [5.41, 5.74) is 1.79. The molecule has 1 N–H and O–H groups in total. The van der Waals surface area contributed by atoms with Crippen LogP contribution in [0.4, 0.5) is 5.82 Å². The van der Waals surface area contributed by atoms with Crippen LogP contribution in [0, 0.1) is 11.8 Å². The van der Waals surface area contributed by atoms with Crippen molar-refractivity contribution >= 4 is 17.0 Å². The molecule has 0 aliphatic heterocycles. The highest BCUT2D eigenvalue weighted by Crippen LogP contribution is 2.45. The standard InChI is InChI=1S/C13H17N5/c1-18-7-16-11-12(14-6-15-13(11)18)17-10-5-8-2-3-9(10)4-8/h6-10H,2-5H2,1H3,(H,14,15,17)/t8-,9+,10-/m1/s1. The zero-order chi connectivity index (χ0) is 12.1. The van der Waals surface area contributed by atoms with Gasteiger partial charge in [0, 0.05) is 13.1 Å². The van der Waals surface area contributed by atoms with E-state index in [1.54, 1.807) is 12.7 Å². The zero-order valence-electron chi connectivity index (χ0n) is 10.5. The van der Waals surface area contributed by atoms with Crippen molar-refractivity contribution in [3.8, 4) is 0 Å². The van der Waals surface area contributed by atoms with Gasteiger partial charge in [-0.15, -0.1) is 0 Å². The lowest BCUT2D eigenvalue weighted by Crippen LogP contribution is -2.26. The molecular formula is C13H17N5. The number of aryl methyl sites for hydroxylation is 1. The van der Waals surface area contributed by atoms with Crippen LogP contribution in [0.5, 0.6) is 0 Å². The molecule has 2 aromatic rings. The first kappa shape index (κ1) is 10.3. The average molecular weight is 243 g/mol. The Morgan fingerprint density at radius 3 is 2.94 bits per heavy atom. The van der Waals surface area contributed by atoms with Crippen molar-refractivity contribution in [1.82, 2.24) is 19.5 Å². The summed E-state index contributed by atoms with van der Waals surface area (Å²) < 4.78 is 1.93. The summed E-state index contributed by atoms with van der Waals surface area (Å²) in [6.07, 6.45) is 8.91. The molecule has 2 heterocycles. The van der Waals surface area contributed by atoms with Crippen molar-refractivity contribution in [1.29, 1.82) is 0 Å². The highest BCUT2D eigenvalue weighted by Gasteiger charge is 2.39. The van der Waals surface area contributed by atoms with E-state index in [4.69, 9.17) is 0 Å². The molecule has 2 saturated carbocycles. The number of anilines is 1. The summed E-state index contributed by atoms with van der Waals surface area (Å²) >= 11 is 0. The first-order chi connectivity index (χ1) is 8.81. The van der Waals surface area contributed by atoms with Crippen LogP contribution >= 0.6 is 0 Å². The Balaban J connectivity index is 1.67. The maximum Gasteiger partial charge on any atom is 0.165 e. The Morgan fingerprint density at radius 2 is 2.17 bits per heavy atom. The molecule has 2 aliphatic carbocycles. The molecule has 0 saturated heterocycles. The SMILES string of the molecule is Cn1cnc2c(N[C@@H]3C[C@@H]4CC[C@H]3C4)ncnc21. The number of rotatable bonds is 2. The molecule has 5 heteroatoms. The van der Waals surface area contributed by atoms with E-state index in [0.29, 0.717) is 6.04 Å². The predicted molar refractivity (Wildman–Crippen MR) is 69.2 cm³/mol. The molecule has 2 bridgehead atoms. The highest BCUT2D eigenvalue weighted by molar-refractivity contribution is 5.82. The van der Waals surface area contributed by atoms with Gasteiger partial charge >= 0.3 is 0 Å². The minimum Gasteiger partial charge on any atom is -0.365 e. The van der Waals surface area contributed by atoms with Crippen molar-refractivity contribution < 1.29 is 0 Å². The van der Waals surface area contributed by atoms with Gasteiger partial charge in [0.1, 0.15) is 11.8 Å². The maximum absolute atomic E-state index is 4.40. The molecule has 4 rings (SSSR count). The summed E-state index contributed by atoms with van der Waals surface area (Å²) in [4.78, 5) is 13.0. The molecule has 0 aromatic carbocycles. The summed E-state index contributed by atoms with van der Waals surface area (Å²) in [5.74, 6) is 2.68. The van der Waals surface area contributed by atoms with Gasteiger partial charge in [0.05, 0.1) is 6.33 Å². The van der Waals surface area contributed by atoms with Gasteiger partial charge < -0.3 is 9.88 Å². The summed E-state index contributed by atoms with van der Waals surface area (Å²) in [6.45, 7) is 0. The van der Waals surface area contributed by atoms with Crippen LogP contribution in [0.25, 0.3) is 11.2 Å². The number of nitrogens with zero attached hydrogens (tertiary/aromatic N) is 4. The second kappa shape index (κ2) is 3.67. The molecule has 3 atom stereocenters. The monoisotopic (exact) mass is 243 g/mol. The third-order valence-electron chi connectivity index (χ3n) is 4.56. The number of hydrogen-bond donors (Lipinski definition) is 1. The van der Waals surface area contributed by atoms with Gasteiger partial charge in [-0.3, -0.25) is 0 Å². The van der Waals surface area contributed by atoms with Crippen LogP contribution in [0.3, 0.4) is 0 Å². The van der Waals surface area contributed by atoms with Gasteiger partial charge in [0.2, 0.25) is 0 Å². The lowest BCUT2D eigenvalue weighted by Gasteiger charge is -2.23. The summed E-state index contributed by atoms with van der Waals surface area (Å²) in [6, 6.07) is 0.587. The Labute approximate surface area is 106 Å². The summed E-state index contributed by atoms with van der Waals surface area (Å²) in [5, 5.41) is 3.60. The average Bonchev–Trinajstić information content (AvgIpc) is 3.06. The number of hydrogen-bond acceptors (Lipinski definition) is 4. The third-order valence-corrected chi connectivity index (χ3v) is 4.56. The lowest BCUT2D eigenvalue weighted by molar-refractivity contribution is 0.439.